The van der Waals surface area contributed by atoms with Crippen LogP contribution in [0, 0.1) is 6.92 Å². The third-order valence-electron chi connectivity index (χ3n) is 9.65. The summed E-state index contributed by atoms with van der Waals surface area (Å²) in [5.74, 6) is -3.32. The highest BCUT2D eigenvalue weighted by Crippen LogP contribution is 2.46. The molecule has 3 aromatic carbocycles. The molecule has 11 heteroatoms. The smallest absolute Gasteiger partial charge is 0.337 e. The molecule has 2 aromatic heterocycles. The topological polar surface area (TPSA) is 80.5 Å². The number of hydrogen-bond donors (Lipinski definition) is 1. The van der Waals surface area contributed by atoms with Crippen LogP contribution in [0.5, 0.6) is 0 Å². The van der Waals surface area contributed by atoms with E-state index in [1.165, 1.54) is 11.3 Å². The molecule has 0 amide bonds. The first-order valence-corrected chi connectivity index (χ1v) is 17.6. The Labute approximate surface area is 287 Å². The van der Waals surface area contributed by atoms with Gasteiger partial charge in [-0.3, -0.25) is 9.58 Å². The molecular formula is C37H39ClF2N4O3S. The first kappa shape index (κ1) is 33.1. The lowest BCUT2D eigenvalue weighted by atomic mass is 9.83. The lowest BCUT2D eigenvalue weighted by Gasteiger charge is -2.45. The average Bonchev–Trinajstić information content (AvgIpc) is 3.58. The van der Waals surface area contributed by atoms with Gasteiger partial charge in [0.05, 0.1) is 27.0 Å². The van der Waals surface area contributed by atoms with Crippen LogP contribution < -0.4 is 0 Å². The number of carboxylic acids is 1. The fourth-order valence-electron chi connectivity index (χ4n) is 7.32. The molecule has 3 heterocycles. The van der Waals surface area contributed by atoms with Crippen molar-refractivity contribution in [2.75, 3.05) is 13.1 Å². The third kappa shape index (κ3) is 6.24. The van der Waals surface area contributed by atoms with Crippen LogP contribution in [0.1, 0.15) is 75.3 Å². The molecule has 0 radical (unpaired) electrons. The second-order valence-electron chi connectivity index (χ2n) is 14.3. The van der Waals surface area contributed by atoms with Crippen LogP contribution in [0.15, 0.2) is 48.5 Å². The number of nitrogens with zero attached hydrogens (tertiary/aromatic N) is 4. The van der Waals surface area contributed by atoms with Crippen molar-refractivity contribution in [3.8, 4) is 21.7 Å². The molecule has 0 unspecified atom stereocenters. The Morgan fingerprint density at radius 2 is 1.75 bits per heavy atom. The van der Waals surface area contributed by atoms with Crippen LogP contribution >= 0.6 is 22.9 Å². The fourth-order valence-corrected chi connectivity index (χ4v) is 8.56. The van der Waals surface area contributed by atoms with E-state index >= 15 is 0 Å². The molecule has 5 aromatic rings. The van der Waals surface area contributed by atoms with E-state index in [9.17, 15) is 18.7 Å². The Balaban J connectivity index is 1.29. The number of carbonyl (C=O) groups is 1. The highest BCUT2D eigenvalue weighted by Gasteiger charge is 2.48. The van der Waals surface area contributed by atoms with Crippen LogP contribution in [0.4, 0.5) is 8.78 Å². The number of thiazole rings is 1. The number of rotatable bonds is 7. The predicted molar refractivity (Wildman–Crippen MR) is 187 cm³/mol. The summed E-state index contributed by atoms with van der Waals surface area (Å²) in [4.78, 5) is 20.0. The Kier molecular flexibility index (Phi) is 8.38. The lowest BCUT2D eigenvalue weighted by molar-refractivity contribution is -0.160. The van der Waals surface area contributed by atoms with Crippen molar-refractivity contribution in [3.05, 3.63) is 70.4 Å². The summed E-state index contributed by atoms with van der Waals surface area (Å²) in [6, 6.07) is 15.7. The van der Waals surface area contributed by atoms with Gasteiger partial charge in [0.2, 0.25) is 0 Å². The van der Waals surface area contributed by atoms with E-state index in [0.717, 1.165) is 80.0 Å². The van der Waals surface area contributed by atoms with E-state index < -0.39 is 23.6 Å². The van der Waals surface area contributed by atoms with Gasteiger partial charge in [0.15, 0.2) is 6.10 Å². The summed E-state index contributed by atoms with van der Waals surface area (Å²) < 4.78 is 36.0. The number of carboxylic acid groups (broad SMARTS) is 1. The summed E-state index contributed by atoms with van der Waals surface area (Å²) in [6.45, 7) is 9.06. The molecule has 7 rings (SSSR count). The molecule has 7 nitrogen and oxygen atoms in total. The molecule has 1 atom stereocenters. The lowest BCUT2D eigenvalue weighted by Crippen LogP contribution is -2.52. The predicted octanol–water partition coefficient (Wildman–Crippen LogP) is 9.40. The van der Waals surface area contributed by atoms with E-state index in [2.05, 4.69) is 23.1 Å². The van der Waals surface area contributed by atoms with Crippen molar-refractivity contribution in [3.63, 3.8) is 0 Å². The Bertz CT molecular complexity index is 2020. The number of aryl methyl sites for hydroxylation is 2. The van der Waals surface area contributed by atoms with Gasteiger partial charge in [0.25, 0.3) is 5.92 Å². The molecule has 0 bridgehead atoms. The number of halogens is 3. The normalized spacial score (nSPS) is 18.4. The Hall–Kier alpha value is -3.44. The van der Waals surface area contributed by atoms with E-state index in [4.69, 9.17) is 26.4 Å². The van der Waals surface area contributed by atoms with Crippen LogP contribution in [0.2, 0.25) is 5.02 Å². The molecule has 2 fully saturated rings. The standard InChI is InChI=1S/C37H39ClF2N4O3S/c1-20-16-27-33(30(21-6-9-24(38)10-7-21)29(20)32(35(45)46)47-36(2,3)4)48-34(41-27)23-8-11-28-26(17-23)31(42-43(28)5)22-12-14-44(15-13-22)25-18-37(39,40)19-25/h6-11,16-17,22,25,32H,12-15,18-19H2,1-5H3,(H,45,46)/t32-/m0/s1. The van der Waals surface area contributed by atoms with Gasteiger partial charge in [-0.15, -0.1) is 11.3 Å². The second-order valence-corrected chi connectivity index (χ2v) is 15.7. The quantitative estimate of drug-likeness (QED) is 0.183. The van der Waals surface area contributed by atoms with Crippen molar-refractivity contribution in [2.45, 2.75) is 83.0 Å². The van der Waals surface area contributed by atoms with Gasteiger partial charge in [0.1, 0.15) is 5.01 Å². The minimum atomic E-state index is -2.51. The maximum atomic E-state index is 13.5. The van der Waals surface area contributed by atoms with Crippen LogP contribution in [0.25, 0.3) is 42.8 Å². The fraction of sp³-hybridized carbons (Fsp3) is 0.432. The van der Waals surface area contributed by atoms with Crippen molar-refractivity contribution in [2.24, 2.45) is 7.05 Å². The minimum absolute atomic E-state index is 0.0141. The van der Waals surface area contributed by atoms with Crippen LogP contribution in [-0.2, 0) is 16.6 Å². The highest BCUT2D eigenvalue weighted by molar-refractivity contribution is 7.22. The molecule has 2 aliphatic rings. The zero-order chi connectivity index (χ0) is 34.1. The van der Waals surface area contributed by atoms with Crippen molar-refractivity contribution < 1.29 is 23.4 Å². The van der Waals surface area contributed by atoms with E-state index in [1.807, 2.05) is 57.6 Å². The first-order chi connectivity index (χ1) is 22.7. The van der Waals surface area contributed by atoms with Gasteiger partial charge in [-0.05, 0) is 101 Å². The second kappa shape index (κ2) is 12.2. The zero-order valence-corrected chi connectivity index (χ0v) is 29.3. The van der Waals surface area contributed by atoms with Gasteiger partial charge in [-0.1, -0.05) is 23.7 Å². The molecule has 1 aliphatic carbocycles. The molecule has 1 saturated carbocycles. The van der Waals surface area contributed by atoms with Crippen LogP contribution in [-0.4, -0.2) is 61.4 Å². The summed E-state index contributed by atoms with van der Waals surface area (Å²) >= 11 is 7.79. The van der Waals surface area contributed by atoms with Crippen molar-refractivity contribution >= 4 is 50.0 Å². The first-order valence-electron chi connectivity index (χ1n) is 16.4. The minimum Gasteiger partial charge on any atom is -0.479 e. The maximum Gasteiger partial charge on any atom is 0.337 e. The number of alkyl halides is 2. The van der Waals surface area contributed by atoms with E-state index in [-0.39, 0.29) is 24.8 Å². The van der Waals surface area contributed by atoms with Crippen molar-refractivity contribution in [1.29, 1.82) is 0 Å². The van der Waals surface area contributed by atoms with Gasteiger partial charge in [-0.2, -0.15) is 5.10 Å². The van der Waals surface area contributed by atoms with Crippen LogP contribution in [0.3, 0.4) is 0 Å². The van der Waals surface area contributed by atoms with E-state index in [0.29, 0.717) is 10.6 Å². The summed E-state index contributed by atoms with van der Waals surface area (Å²) in [7, 11) is 1.95. The number of ether oxygens (including phenoxy) is 1. The largest absolute Gasteiger partial charge is 0.479 e. The molecule has 252 valence electrons. The Morgan fingerprint density at radius 3 is 2.38 bits per heavy atom. The molecule has 0 spiro atoms. The summed E-state index contributed by atoms with van der Waals surface area (Å²) in [5, 5.41) is 17.8. The molecule has 1 N–H and O–H groups in total. The number of hydrogen-bond acceptors (Lipinski definition) is 6. The molecular weight excluding hydrogens is 654 g/mol. The number of likely N-dealkylation sites (tertiary alicyclic amines) is 1. The number of aliphatic carboxylic acids is 1. The highest BCUT2D eigenvalue weighted by atomic mass is 35.5. The molecule has 1 saturated heterocycles. The maximum absolute atomic E-state index is 13.5. The average molecular weight is 693 g/mol. The number of piperidine rings is 1. The van der Waals surface area contributed by atoms with Crippen molar-refractivity contribution in [1.82, 2.24) is 19.7 Å². The SMILES string of the molecule is Cc1cc2nc(-c3ccc4c(c3)c(C3CCN(C5CC(F)(F)C5)CC3)nn4C)sc2c(-c2ccc(Cl)cc2)c1[C@H](OC(C)(C)C)C(=O)O. The number of fused-ring (bicyclic) bond motifs is 2. The zero-order valence-electron chi connectivity index (χ0n) is 27.7. The summed E-state index contributed by atoms with van der Waals surface area (Å²) in [5.41, 5.74) is 6.10. The van der Waals surface area contributed by atoms with Gasteiger partial charge in [-0.25, -0.2) is 18.6 Å². The number of aromatic nitrogens is 3. The molecule has 48 heavy (non-hydrogen) atoms. The van der Waals surface area contributed by atoms with Gasteiger partial charge >= 0.3 is 5.97 Å². The number of benzene rings is 3. The third-order valence-corrected chi connectivity index (χ3v) is 11.0. The summed E-state index contributed by atoms with van der Waals surface area (Å²) in [6.07, 6.45) is 0.515. The monoisotopic (exact) mass is 692 g/mol. The van der Waals surface area contributed by atoms with E-state index in [1.54, 1.807) is 12.1 Å². The molecule has 1 aliphatic heterocycles. The van der Waals surface area contributed by atoms with Gasteiger partial charge < -0.3 is 9.84 Å². The Morgan fingerprint density at radius 1 is 1.08 bits per heavy atom. The van der Waals surface area contributed by atoms with Gasteiger partial charge in [0, 0.05) is 58.9 Å².